The number of hydrogen-bond acceptors (Lipinski definition) is 3. The van der Waals surface area contributed by atoms with Crippen LogP contribution in [0.1, 0.15) is 15.9 Å². The number of carboxylic acid groups (broad SMARTS) is 1. The SMILES string of the molecule is Cc1ccc(C(=O)O)cc1.Oc1ccc(N(CCBr)CCBr)cc1. The molecule has 0 aromatic heterocycles. The van der Waals surface area contributed by atoms with E-state index in [-0.39, 0.29) is 0 Å². The molecule has 4 nitrogen and oxygen atoms in total. The summed E-state index contributed by atoms with van der Waals surface area (Å²) in [5.74, 6) is -0.564. The molecule has 0 amide bonds. The fourth-order valence-corrected chi connectivity index (χ4v) is 2.79. The van der Waals surface area contributed by atoms with Crippen LogP contribution in [-0.4, -0.2) is 39.9 Å². The van der Waals surface area contributed by atoms with E-state index >= 15 is 0 Å². The molecule has 2 aromatic rings. The number of hydrogen-bond donors (Lipinski definition) is 2. The van der Waals surface area contributed by atoms with Gasteiger partial charge >= 0.3 is 5.97 Å². The number of alkyl halides is 2. The highest BCUT2D eigenvalue weighted by Crippen LogP contribution is 2.18. The van der Waals surface area contributed by atoms with Gasteiger partial charge in [0.1, 0.15) is 5.75 Å². The highest BCUT2D eigenvalue weighted by atomic mass is 79.9. The standard InChI is InChI=1S/C10H13Br2NO.C8H8O2/c11-5-7-13(8-6-12)9-1-3-10(14)4-2-9;1-6-2-4-7(5-3-6)8(9)10/h1-4,14H,5-8H2;2-5H,1H3,(H,9,10). The zero-order valence-electron chi connectivity index (χ0n) is 13.5. The molecule has 0 heterocycles. The number of benzene rings is 2. The normalized spacial score (nSPS) is 9.79. The molecule has 0 aliphatic heterocycles. The van der Waals surface area contributed by atoms with Crippen LogP contribution in [0.4, 0.5) is 5.69 Å². The quantitative estimate of drug-likeness (QED) is 0.617. The van der Waals surface area contributed by atoms with E-state index < -0.39 is 5.97 Å². The number of aromatic carboxylic acids is 1. The van der Waals surface area contributed by atoms with Gasteiger partial charge in [-0.2, -0.15) is 0 Å². The third kappa shape index (κ3) is 7.36. The number of carboxylic acids is 1. The average Bonchev–Trinajstić information content (AvgIpc) is 2.56. The summed E-state index contributed by atoms with van der Waals surface area (Å²) in [4.78, 5) is 12.6. The maximum Gasteiger partial charge on any atom is 0.335 e. The van der Waals surface area contributed by atoms with Crippen LogP contribution in [0.2, 0.25) is 0 Å². The molecule has 0 bridgehead atoms. The Morgan fingerprint density at radius 1 is 0.958 bits per heavy atom. The van der Waals surface area contributed by atoms with E-state index in [1.807, 2.05) is 19.1 Å². The topological polar surface area (TPSA) is 60.8 Å². The van der Waals surface area contributed by atoms with E-state index in [9.17, 15) is 4.79 Å². The van der Waals surface area contributed by atoms with E-state index in [1.165, 1.54) is 0 Å². The number of phenolic OH excluding ortho intramolecular Hbond substituents is 1. The maximum atomic E-state index is 10.3. The van der Waals surface area contributed by atoms with Gasteiger partial charge in [0.25, 0.3) is 0 Å². The molecule has 0 spiro atoms. The van der Waals surface area contributed by atoms with Crippen molar-refractivity contribution in [3.63, 3.8) is 0 Å². The minimum Gasteiger partial charge on any atom is -0.508 e. The smallest absolute Gasteiger partial charge is 0.335 e. The van der Waals surface area contributed by atoms with Crippen molar-refractivity contribution in [2.45, 2.75) is 6.92 Å². The first kappa shape index (κ1) is 20.5. The van der Waals surface area contributed by atoms with Gasteiger partial charge in [0, 0.05) is 29.4 Å². The second-order valence-electron chi connectivity index (χ2n) is 5.05. The Morgan fingerprint density at radius 2 is 1.46 bits per heavy atom. The van der Waals surface area contributed by atoms with E-state index in [0.29, 0.717) is 11.3 Å². The van der Waals surface area contributed by atoms with Crippen molar-refractivity contribution in [2.75, 3.05) is 28.6 Å². The molecule has 0 aliphatic carbocycles. The fourth-order valence-electron chi connectivity index (χ4n) is 1.93. The molecule has 2 aromatic carbocycles. The van der Waals surface area contributed by atoms with Gasteiger partial charge in [-0.15, -0.1) is 0 Å². The van der Waals surface area contributed by atoms with Crippen LogP contribution in [0.15, 0.2) is 48.5 Å². The zero-order valence-corrected chi connectivity index (χ0v) is 16.6. The Kier molecular flexibility index (Phi) is 9.49. The lowest BCUT2D eigenvalue weighted by Crippen LogP contribution is -2.27. The second kappa shape index (κ2) is 11.1. The van der Waals surface area contributed by atoms with Gasteiger partial charge in [0.2, 0.25) is 0 Å². The number of aromatic hydroxyl groups is 1. The maximum absolute atomic E-state index is 10.3. The first-order chi connectivity index (χ1) is 11.5. The van der Waals surface area contributed by atoms with Crippen LogP contribution in [0, 0.1) is 6.92 Å². The van der Waals surface area contributed by atoms with Crippen LogP contribution in [0.5, 0.6) is 5.75 Å². The Bertz CT molecular complexity index is 609. The Labute approximate surface area is 159 Å². The largest absolute Gasteiger partial charge is 0.508 e. The number of halogens is 2. The zero-order chi connectivity index (χ0) is 17.9. The number of carbonyl (C=O) groups is 1. The number of anilines is 1. The van der Waals surface area contributed by atoms with Gasteiger partial charge in [0.15, 0.2) is 0 Å². The van der Waals surface area contributed by atoms with Crippen LogP contribution in [0.3, 0.4) is 0 Å². The van der Waals surface area contributed by atoms with Crippen LogP contribution in [0.25, 0.3) is 0 Å². The first-order valence-corrected chi connectivity index (χ1v) is 9.68. The highest BCUT2D eigenvalue weighted by Gasteiger charge is 2.04. The average molecular weight is 459 g/mol. The minimum absolute atomic E-state index is 0.311. The molecule has 2 N–H and O–H groups in total. The number of nitrogens with zero attached hydrogens (tertiary/aromatic N) is 1. The summed E-state index contributed by atoms with van der Waals surface area (Å²) in [6.07, 6.45) is 0. The summed E-state index contributed by atoms with van der Waals surface area (Å²) >= 11 is 6.85. The van der Waals surface area contributed by atoms with Crippen molar-refractivity contribution >= 4 is 43.5 Å². The summed E-state index contributed by atoms with van der Waals surface area (Å²) in [6, 6.07) is 14.0. The molecule has 6 heteroatoms. The summed E-state index contributed by atoms with van der Waals surface area (Å²) in [6.45, 7) is 3.86. The number of rotatable bonds is 6. The molecular formula is C18H21Br2NO3. The second-order valence-corrected chi connectivity index (χ2v) is 6.64. The van der Waals surface area contributed by atoms with Crippen molar-refractivity contribution in [3.8, 4) is 5.75 Å². The molecule has 2 rings (SSSR count). The molecular weight excluding hydrogens is 438 g/mol. The van der Waals surface area contributed by atoms with Gasteiger partial charge in [0.05, 0.1) is 5.56 Å². The first-order valence-electron chi connectivity index (χ1n) is 7.43. The minimum atomic E-state index is -0.875. The van der Waals surface area contributed by atoms with Crippen molar-refractivity contribution < 1.29 is 15.0 Å². The van der Waals surface area contributed by atoms with Crippen molar-refractivity contribution in [2.24, 2.45) is 0 Å². The lowest BCUT2D eigenvalue weighted by molar-refractivity contribution is 0.0697. The van der Waals surface area contributed by atoms with Crippen LogP contribution < -0.4 is 4.90 Å². The van der Waals surface area contributed by atoms with Gasteiger partial charge in [-0.25, -0.2) is 4.79 Å². The van der Waals surface area contributed by atoms with Gasteiger partial charge in [-0.05, 0) is 43.3 Å². The Balaban J connectivity index is 0.000000254. The lowest BCUT2D eigenvalue weighted by Gasteiger charge is -2.22. The van der Waals surface area contributed by atoms with E-state index in [4.69, 9.17) is 10.2 Å². The monoisotopic (exact) mass is 457 g/mol. The molecule has 0 aliphatic rings. The summed E-state index contributed by atoms with van der Waals surface area (Å²) in [7, 11) is 0. The third-order valence-corrected chi connectivity index (χ3v) is 3.93. The van der Waals surface area contributed by atoms with Crippen LogP contribution >= 0.6 is 31.9 Å². The van der Waals surface area contributed by atoms with Gasteiger partial charge < -0.3 is 15.1 Å². The summed E-state index contributed by atoms with van der Waals surface area (Å²) in [5.41, 5.74) is 2.55. The molecule has 0 atom stereocenters. The predicted molar refractivity (Wildman–Crippen MR) is 106 cm³/mol. The van der Waals surface area contributed by atoms with Crippen molar-refractivity contribution in [1.82, 2.24) is 0 Å². The Morgan fingerprint density at radius 3 is 1.88 bits per heavy atom. The van der Waals surface area contributed by atoms with Crippen molar-refractivity contribution in [1.29, 1.82) is 0 Å². The van der Waals surface area contributed by atoms with Crippen LogP contribution in [-0.2, 0) is 0 Å². The molecule has 0 saturated heterocycles. The molecule has 0 radical (unpaired) electrons. The third-order valence-electron chi connectivity index (χ3n) is 3.22. The summed E-state index contributed by atoms with van der Waals surface area (Å²) < 4.78 is 0. The van der Waals surface area contributed by atoms with E-state index in [1.54, 1.807) is 36.4 Å². The molecule has 24 heavy (non-hydrogen) atoms. The van der Waals surface area contributed by atoms with Crippen molar-refractivity contribution in [3.05, 3.63) is 59.7 Å². The number of aryl methyl sites for hydroxylation is 1. The highest BCUT2D eigenvalue weighted by molar-refractivity contribution is 9.09. The molecule has 130 valence electrons. The van der Waals surface area contributed by atoms with E-state index in [2.05, 4.69) is 36.8 Å². The lowest BCUT2D eigenvalue weighted by atomic mass is 10.2. The van der Waals surface area contributed by atoms with Gasteiger partial charge in [-0.1, -0.05) is 49.6 Å². The summed E-state index contributed by atoms with van der Waals surface area (Å²) in [5, 5.41) is 19.5. The van der Waals surface area contributed by atoms with E-state index in [0.717, 1.165) is 35.0 Å². The predicted octanol–water partition coefficient (Wildman–Crippen LogP) is 4.68. The fraction of sp³-hybridized carbons (Fsp3) is 0.278. The molecule has 0 fully saturated rings. The van der Waals surface area contributed by atoms with Gasteiger partial charge in [-0.3, -0.25) is 0 Å². The molecule has 0 saturated carbocycles. The Hall–Kier alpha value is -1.53. The number of phenols is 1. The molecule has 0 unspecified atom stereocenters.